The predicted molar refractivity (Wildman–Crippen MR) is 99.2 cm³/mol. The van der Waals surface area contributed by atoms with Crippen LogP contribution in [0.2, 0.25) is 0 Å². The third-order valence-corrected chi connectivity index (χ3v) is 4.93. The second-order valence-corrected chi connectivity index (χ2v) is 6.63. The van der Waals surface area contributed by atoms with Crippen molar-refractivity contribution in [2.24, 2.45) is 0 Å². The number of benzene rings is 2. The van der Waals surface area contributed by atoms with Crippen LogP contribution in [0.5, 0.6) is 0 Å². The van der Waals surface area contributed by atoms with Crippen LogP contribution in [0.15, 0.2) is 78.5 Å². The van der Waals surface area contributed by atoms with Crippen molar-refractivity contribution in [1.82, 2.24) is 24.5 Å². The Morgan fingerprint density at radius 1 is 1.00 bits per heavy atom. The van der Waals surface area contributed by atoms with Crippen molar-refractivity contribution in [2.45, 2.75) is 17.8 Å². The summed E-state index contributed by atoms with van der Waals surface area (Å²) in [6.45, 7) is 2.09. The molecule has 2 heterocycles. The van der Waals surface area contributed by atoms with Crippen LogP contribution < -0.4 is 0 Å². The fourth-order valence-corrected chi connectivity index (χ4v) is 3.46. The number of aryl methyl sites for hydroxylation is 1. The molecule has 0 saturated carbocycles. The summed E-state index contributed by atoms with van der Waals surface area (Å²) in [5, 5.41) is 13.7. The molecule has 0 N–H and O–H groups in total. The molecule has 0 fully saturated rings. The molecule has 0 unspecified atom stereocenters. The monoisotopic (exact) mass is 347 g/mol. The van der Waals surface area contributed by atoms with Crippen molar-refractivity contribution in [3.05, 3.63) is 84.4 Å². The average Bonchev–Trinajstić information content (AvgIpc) is 3.30. The largest absolute Gasteiger partial charge is 0.276 e. The molecule has 0 atom stereocenters. The van der Waals surface area contributed by atoms with Gasteiger partial charge >= 0.3 is 0 Å². The van der Waals surface area contributed by atoms with Gasteiger partial charge in [-0.15, -0.1) is 10.2 Å². The summed E-state index contributed by atoms with van der Waals surface area (Å²) < 4.78 is 3.92. The fraction of sp³-hybridized carbons (Fsp3) is 0.105. The molecule has 4 aromatic rings. The first-order valence-electron chi connectivity index (χ1n) is 7.99. The molecule has 2 aromatic carbocycles. The molecule has 0 aliphatic heterocycles. The van der Waals surface area contributed by atoms with Crippen LogP contribution in [0.1, 0.15) is 11.1 Å². The molecule has 25 heavy (non-hydrogen) atoms. The smallest absolute Gasteiger partial charge is 0.195 e. The maximum absolute atomic E-state index is 4.44. The lowest BCUT2D eigenvalue weighted by atomic mass is 10.2. The summed E-state index contributed by atoms with van der Waals surface area (Å²) in [6.07, 6.45) is 5.71. The Kier molecular flexibility index (Phi) is 4.35. The second-order valence-electron chi connectivity index (χ2n) is 5.69. The standard InChI is InChI=1S/C19H17N5S/c1-15-7-5-6-10-18(15)23-14-20-22-19(23)25-13-16-11-21-24(12-16)17-8-3-2-4-9-17/h2-12,14H,13H2,1H3. The lowest BCUT2D eigenvalue weighted by Gasteiger charge is -2.08. The minimum absolute atomic E-state index is 0.789. The quantitative estimate of drug-likeness (QED) is 0.511. The summed E-state index contributed by atoms with van der Waals surface area (Å²) in [7, 11) is 0. The second kappa shape index (κ2) is 6.94. The third kappa shape index (κ3) is 3.34. The average molecular weight is 347 g/mol. The van der Waals surface area contributed by atoms with Gasteiger partial charge in [-0.05, 0) is 30.7 Å². The Morgan fingerprint density at radius 3 is 2.64 bits per heavy atom. The number of rotatable bonds is 5. The van der Waals surface area contributed by atoms with E-state index in [0.29, 0.717) is 0 Å². The van der Waals surface area contributed by atoms with Crippen LogP contribution in [0.25, 0.3) is 11.4 Å². The van der Waals surface area contributed by atoms with Gasteiger partial charge in [0.15, 0.2) is 5.16 Å². The summed E-state index contributed by atoms with van der Waals surface area (Å²) in [4.78, 5) is 0. The zero-order valence-corrected chi connectivity index (χ0v) is 14.6. The van der Waals surface area contributed by atoms with Crippen molar-refractivity contribution in [2.75, 3.05) is 0 Å². The van der Waals surface area contributed by atoms with Gasteiger partial charge in [0.05, 0.1) is 17.6 Å². The molecule has 124 valence electrons. The Morgan fingerprint density at radius 2 is 1.80 bits per heavy atom. The first-order valence-corrected chi connectivity index (χ1v) is 8.97. The van der Waals surface area contributed by atoms with Gasteiger partial charge in [0.1, 0.15) is 6.33 Å². The van der Waals surface area contributed by atoms with Crippen LogP contribution in [0, 0.1) is 6.92 Å². The van der Waals surface area contributed by atoms with Gasteiger partial charge in [-0.25, -0.2) is 4.68 Å². The molecular formula is C19H17N5S. The van der Waals surface area contributed by atoms with Gasteiger partial charge in [0, 0.05) is 17.5 Å². The summed E-state index contributed by atoms with van der Waals surface area (Å²) >= 11 is 1.65. The van der Waals surface area contributed by atoms with Crippen LogP contribution in [0.3, 0.4) is 0 Å². The molecule has 0 aliphatic carbocycles. The van der Waals surface area contributed by atoms with E-state index < -0.39 is 0 Å². The van der Waals surface area contributed by atoms with E-state index in [2.05, 4.69) is 40.5 Å². The van der Waals surface area contributed by atoms with E-state index in [4.69, 9.17) is 0 Å². The molecule has 0 aliphatic rings. The lowest BCUT2D eigenvalue weighted by Crippen LogP contribution is -1.97. The van der Waals surface area contributed by atoms with E-state index in [-0.39, 0.29) is 0 Å². The Balaban J connectivity index is 1.51. The SMILES string of the molecule is Cc1ccccc1-n1cnnc1SCc1cnn(-c2ccccc2)c1. The highest BCUT2D eigenvalue weighted by atomic mass is 32.2. The minimum Gasteiger partial charge on any atom is -0.276 e. The molecule has 5 nitrogen and oxygen atoms in total. The molecule has 4 rings (SSSR count). The molecular weight excluding hydrogens is 330 g/mol. The maximum atomic E-state index is 4.44. The highest BCUT2D eigenvalue weighted by Crippen LogP contribution is 2.25. The molecule has 0 radical (unpaired) electrons. The molecule has 0 spiro atoms. The van der Waals surface area contributed by atoms with Gasteiger partial charge in [0.2, 0.25) is 0 Å². The number of aromatic nitrogens is 5. The molecule has 0 saturated heterocycles. The Hall–Kier alpha value is -2.86. The molecule has 2 aromatic heterocycles. The van der Waals surface area contributed by atoms with E-state index in [9.17, 15) is 0 Å². The van der Waals surface area contributed by atoms with Crippen molar-refractivity contribution < 1.29 is 0 Å². The fourth-order valence-electron chi connectivity index (χ4n) is 2.63. The Bertz CT molecular complexity index is 974. The van der Waals surface area contributed by atoms with Crippen LogP contribution in [-0.2, 0) is 5.75 Å². The minimum atomic E-state index is 0.789. The zero-order valence-electron chi connectivity index (χ0n) is 13.8. The van der Waals surface area contributed by atoms with Crippen molar-refractivity contribution in [3.63, 3.8) is 0 Å². The van der Waals surface area contributed by atoms with E-state index in [0.717, 1.165) is 27.8 Å². The van der Waals surface area contributed by atoms with E-state index in [1.807, 2.05) is 57.9 Å². The first-order chi connectivity index (χ1) is 12.3. The summed E-state index contributed by atoms with van der Waals surface area (Å²) in [6, 6.07) is 18.3. The number of para-hydroxylation sites is 2. The molecule has 0 bridgehead atoms. The molecule has 0 amide bonds. The van der Waals surface area contributed by atoms with Crippen LogP contribution in [0.4, 0.5) is 0 Å². The normalized spacial score (nSPS) is 10.9. The summed E-state index contributed by atoms with van der Waals surface area (Å²) in [5.74, 6) is 0.789. The molecule has 6 heteroatoms. The first kappa shape index (κ1) is 15.7. The predicted octanol–water partition coefficient (Wildman–Crippen LogP) is 4.05. The van der Waals surface area contributed by atoms with Gasteiger partial charge < -0.3 is 0 Å². The van der Waals surface area contributed by atoms with Gasteiger partial charge in [-0.3, -0.25) is 4.57 Å². The van der Waals surface area contributed by atoms with Crippen molar-refractivity contribution >= 4 is 11.8 Å². The van der Waals surface area contributed by atoms with Crippen molar-refractivity contribution in [3.8, 4) is 11.4 Å². The summed E-state index contributed by atoms with van der Waals surface area (Å²) in [5.41, 5.74) is 4.51. The van der Waals surface area contributed by atoms with Gasteiger partial charge in [-0.2, -0.15) is 5.10 Å². The topological polar surface area (TPSA) is 48.5 Å². The van der Waals surface area contributed by atoms with Crippen molar-refractivity contribution in [1.29, 1.82) is 0 Å². The number of nitrogens with zero attached hydrogens (tertiary/aromatic N) is 5. The highest BCUT2D eigenvalue weighted by Gasteiger charge is 2.10. The van der Waals surface area contributed by atoms with Gasteiger partial charge in [0.25, 0.3) is 0 Å². The van der Waals surface area contributed by atoms with Gasteiger partial charge in [-0.1, -0.05) is 48.2 Å². The van der Waals surface area contributed by atoms with E-state index in [1.165, 1.54) is 5.56 Å². The maximum Gasteiger partial charge on any atom is 0.195 e. The number of hydrogen-bond donors (Lipinski definition) is 0. The van der Waals surface area contributed by atoms with Crippen LogP contribution in [-0.4, -0.2) is 24.5 Å². The Labute approximate surface area is 150 Å². The number of hydrogen-bond acceptors (Lipinski definition) is 4. The van der Waals surface area contributed by atoms with E-state index >= 15 is 0 Å². The lowest BCUT2D eigenvalue weighted by molar-refractivity contribution is 0.877. The number of thioether (sulfide) groups is 1. The van der Waals surface area contributed by atoms with Crippen LogP contribution >= 0.6 is 11.8 Å². The third-order valence-electron chi connectivity index (χ3n) is 3.92. The van der Waals surface area contributed by atoms with E-state index in [1.54, 1.807) is 18.1 Å². The zero-order chi connectivity index (χ0) is 17.1. The highest BCUT2D eigenvalue weighted by molar-refractivity contribution is 7.98.